The molecule has 4 heterocycles. The summed E-state index contributed by atoms with van der Waals surface area (Å²) in [4.78, 5) is 28.1. The first-order valence-electron chi connectivity index (χ1n) is 11.5. The van der Waals surface area contributed by atoms with Crippen LogP contribution < -0.4 is 16.6 Å². The Hall–Kier alpha value is -3.43. The maximum absolute atomic E-state index is 12.4. The van der Waals surface area contributed by atoms with Crippen LogP contribution >= 0.6 is 11.8 Å². The SMILES string of the molecule is Cc1cncc(N)c1.Cc1cncc(Nc2ccc3c(=O)[nH]c(CSC4CCOCC4)nc3c2)c1. The number of benzene rings is 1. The van der Waals surface area contributed by atoms with Crippen molar-refractivity contribution in [3.63, 3.8) is 0 Å². The summed E-state index contributed by atoms with van der Waals surface area (Å²) in [5, 5.41) is 4.50. The molecule has 182 valence electrons. The van der Waals surface area contributed by atoms with Crippen LogP contribution in [0.3, 0.4) is 0 Å². The van der Waals surface area contributed by atoms with Gasteiger partial charge in [0.1, 0.15) is 5.82 Å². The van der Waals surface area contributed by atoms with Crippen molar-refractivity contribution in [2.45, 2.75) is 37.7 Å². The Morgan fingerprint density at radius 3 is 2.46 bits per heavy atom. The third kappa shape index (κ3) is 7.27. The normalized spacial score (nSPS) is 13.8. The van der Waals surface area contributed by atoms with E-state index in [-0.39, 0.29) is 5.56 Å². The highest BCUT2D eigenvalue weighted by Crippen LogP contribution is 2.25. The molecule has 1 aromatic carbocycles. The van der Waals surface area contributed by atoms with E-state index in [0.717, 1.165) is 60.1 Å². The number of H-pyrrole nitrogens is 1. The van der Waals surface area contributed by atoms with Gasteiger partial charge in [0.25, 0.3) is 5.56 Å². The average molecular weight is 491 g/mol. The average Bonchev–Trinajstić information content (AvgIpc) is 2.83. The number of pyridine rings is 2. The van der Waals surface area contributed by atoms with Gasteiger partial charge in [0, 0.05) is 42.7 Å². The summed E-state index contributed by atoms with van der Waals surface area (Å²) in [7, 11) is 0. The second-order valence-electron chi connectivity index (χ2n) is 8.54. The number of aromatic nitrogens is 4. The minimum Gasteiger partial charge on any atom is -0.397 e. The Kier molecular flexibility index (Phi) is 8.33. The molecule has 5 rings (SSSR count). The zero-order chi connectivity index (χ0) is 24.6. The second-order valence-corrected chi connectivity index (χ2v) is 9.83. The minimum absolute atomic E-state index is 0.0913. The molecule has 1 aliphatic rings. The number of fused-ring (bicyclic) bond motifs is 1. The van der Waals surface area contributed by atoms with E-state index in [0.29, 0.717) is 21.9 Å². The lowest BCUT2D eigenvalue weighted by Crippen LogP contribution is -2.18. The lowest BCUT2D eigenvalue weighted by molar-refractivity contribution is 0.1000. The molecule has 1 saturated heterocycles. The van der Waals surface area contributed by atoms with Crippen LogP contribution in [0.25, 0.3) is 10.9 Å². The van der Waals surface area contributed by atoms with E-state index in [1.807, 2.05) is 62.1 Å². The van der Waals surface area contributed by atoms with Crippen LogP contribution in [0.4, 0.5) is 17.1 Å². The Bertz CT molecular complexity index is 1320. The first-order chi connectivity index (χ1) is 17.0. The van der Waals surface area contributed by atoms with Gasteiger partial charge < -0.3 is 20.8 Å². The number of nitrogen functional groups attached to an aromatic ring is 1. The highest BCUT2D eigenvalue weighted by Gasteiger charge is 2.15. The van der Waals surface area contributed by atoms with Crippen molar-refractivity contribution >= 4 is 39.7 Å². The van der Waals surface area contributed by atoms with E-state index in [2.05, 4.69) is 25.3 Å². The molecule has 0 spiro atoms. The lowest BCUT2D eigenvalue weighted by Gasteiger charge is -2.21. The zero-order valence-corrected chi connectivity index (χ0v) is 20.8. The fraction of sp³-hybridized carbons (Fsp3) is 0.308. The number of rotatable bonds is 5. The number of hydrogen-bond acceptors (Lipinski definition) is 8. The summed E-state index contributed by atoms with van der Waals surface area (Å²) in [5.41, 5.74) is 10.7. The summed E-state index contributed by atoms with van der Waals surface area (Å²) in [6.07, 6.45) is 9.11. The number of nitrogens with zero attached hydrogens (tertiary/aromatic N) is 3. The fourth-order valence-corrected chi connectivity index (χ4v) is 4.80. The lowest BCUT2D eigenvalue weighted by atomic mass is 10.2. The standard InChI is InChI=1S/C20H22N4O2S.C6H8N2/c1-13-8-15(11-21-10-13)22-14-2-3-17-18(9-14)23-19(24-20(17)25)12-27-16-4-6-26-7-5-16;1-5-2-6(7)4-8-3-5/h2-3,8-11,16,22H,4-7,12H2,1H3,(H,23,24,25);2-4H,7H2,1H3. The molecule has 4 N–H and O–H groups in total. The topological polar surface area (TPSA) is 119 Å². The number of nitrogens with one attached hydrogen (secondary N) is 2. The van der Waals surface area contributed by atoms with Crippen LogP contribution in [0.2, 0.25) is 0 Å². The number of anilines is 3. The number of nitrogens with two attached hydrogens (primary N) is 1. The summed E-state index contributed by atoms with van der Waals surface area (Å²) >= 11 is 1.84. The molecular weight excluding hydrogens is 460 g/mol. The maximum Gasteiger partial charge on any atom is 0.258 e. The quantitative estimate of drug-likeness (QED) is 0.367. The number of hydrogen-bond donors (Lipinski definition) is 3. The van der Waals surface area contributed by atoms with Crippen molar-refractivity contribution in [3.8, 4) is 0 Å². The number of ether oxygens (including phenoxy) is 1. The van der Waals surface area contributed by atoms with Crippen LogP contribution in [0.5, 0.6) is 0 Å². The monoisotopic (exact) mass is 490 g/mol. The van der Waals surface area contributed by atoms with Crippen molar-refractivity contribution < 1.29 is 4.74 Å². The Morgan fingerprint density at radius 2 is 1.77 bits per heavy atom. The van der Waals surface area contributed by atoms with Gasteiger partial charge >= 0.3 is 0 Å². The van der Waals surface area contributed by atoms with Crippen molar-refractivity contribution in [1.82, 2.24) is 19.9 Å². The molecule has 0 saturated carbocycles. The number of aromatic amines is 1. The Morgan fingerprint density at radius 1 is 1.03 bits per heavy atom. The van der Waals surface area contributed by atoms with E-state index >= 15 is 0 Å². The number of thioether (sulfide) groups is 1. The largest absolute Gasteiger partial charge is 0.397 e. The van der Waals surface area contributed by atoms with Crippen LogP contribution in [0.1, 0.15) is 29.8 Å². The van der Waals surface area contributed by atoms with Gasteiger partial charge in [-0.25, -0.2) is 4.98 Å². The van der Waals surface area contributed by atoms with Crippen molar-refractivity contribution in [2.24, 2.45) is 0 Å². The third-order valence-electron chi connectivity index (χ3n) is 5.44. The smallest absolute Gasteiger partial charge is 0.258 e. The van der Waals surface area contributed by atoms with Crippen molar-refractivity contribution in [1.29, 1.82) is 0 Å². The minimum atomic E-state index is -0.0913. The highest BCUT2D eigenvalue weighted by molar-refractivity contribution is 7.99. The van der Waals surface area contributed by atoms with Gasteiger partial charge in [-0.1, -0.05) is 0 Å². The van der Waals surface area contributed by atoms with E-state index < -0.39 is 0 Å². The number of aryl methyl sites for hydroxylation is 2. The van der Waals surface area contributed by atoms with Crippen LogP contribution in [0.15, 0.2) is 59.9 Å². The summed E-state index contributed by atoms with van der Waals surface area (Å²) in [5.74, 6) is 1.42. The summed E-state index contributed by atoms with van der Waals surface area (Å²) in [6.45, 7) is 5.61. The van der Waals surface area contributed by atoms with Gasteiger partial charge in [0.15, 0.2) is 0 Å². The predicted molar refractivity (Wildman–Crippen MR) is 143 cm³/mol. The first-order valence-corrected chi connectivity index (χ1v) is 12.6. The highest BCUT2D eigenvalue weighted by atomic mass is 32.2. The van der Waals surface area contributed by atoms with Crippen LogP contribution in [-0.2, 0) is 10.5 Å². The van der Waals surface area contributed by atoms with Crippen molar-refractivity contribution in [2.75, 3.05) is 24.3 Å². The van der Waals surface area contributed by atoms with E-state index in [4.69, 9.17) is 10.5 Å². The van der Waals surface area contributed by atoms with Gasteiger partial charge in [0.05, 0.1) is 34.2 Å². The zero-order valence-electron chi connectivity index (χ0n) is 20.0. The molecule has 3 aromatic heterocycles. The first kappa shape index (κ1) is 24.7. The van der Waals surface area contributed by atoms with Crippen molar-refractivity contribution in [3.05, 3.63) is 82.4 Å². The Labute approximate surface area is 208 Å². The summed E-state index contributed by atoms with van der Waals surface area (Å²) in [6, 6.07) is 9.51. The molecule has 0 radical (unpaired) electrons. The van der Waals surface area contributed by atoms with E-state index in [1.54, 1.807) is 18.6 Å². The molecule has 0 amide bonds. The van der Waals surface area contributed by atoms with Gasteiger partial charge in [-0.05, 0) is 68.1 Å². The molecule has 0 unspecified atom stereocenters. The molecule has 8 nitrogen and oxygen atoms in total. The maximum atomic E-state index is 12.4. The van der Waals surface area contributed by atoms with E-state index in [1.165, 1.54) is 0 Å². The third-order valence-corrected chi connectivity index (χ3v) is 6.82. The molecule has 9 heteroatoms. The summed E-state index contributed by atoms with van der Waals surface area (Å²) < 4.78 is 5.40. The molecule has 0 atom stereocenters. The fourth-order valence-electron chi connectivity index (χ4n) is 3.74. The molecular formula is C26H30N6O2S. The van der Waals surface area contributed by atoms with Gasteiger partial charge in [-0.2, -0.15) is 11.8 Å². The van der Waals surface area contributed by atoms with Gasteiger partial charge in [-0.3, -0.25) is 14.8 Å². The second kappa shape index (κ2) is 11.8. The van der Waals surface area contributed by atoms with E-state index in [9.17, 15) is 4.79 Å². The molecule has 1 fully saturated rings. The molecule has 35 heavy (non-hydrogen) atoms. The van der Waals surface area contributed by atoms with Crippen LogP contribution in [0, 0.1) is 13.8 Å². The van der Waals surface area contributed by atoms with Gasteiger partial charge in [-0.15, -0.1) is 0 Å². The molecule has 1 aliphatic heterocycles. The molecule has 0 aliphatic carbocycles. The van der Waals surface area contributed by atoms with Gasteiger partial charge in [0.2, 0.25) is 0 Å². The molecule has 0 bridgehead atoms. The Balaban J connectivity index is 0.000000308. The molecule has 4 aromatic rings. The predicted octanol–water partition coefficient (Wildman–Crippen LogP) is 4.75. The van der Waals surface area contributed by atoms with Crippen LogP contribution in [-0.4, -0.2) is 38.4 Å².